The lowest BCUT2D eigenvalue weighted by Gasteiger charge is -2.23. The van der Waals surface area contributed by atoms with Gasteiger partial charge in [-0.05, 0) is 25.0 Å². The molecule has 4 N–H and O–H groups in total. The average molecular weight is 541 g/mol. The Morgan fingerprint density at radius 3 is 2.54 bits per heavy atom. The number of aromatic nitrogens is 3. The van der Waals surface area contributed by atoms with Gasteiger partial charge < -0.3 is 30.7 Å². The van der Waals surface area contributed by atoms with Crippen LogP contribution in [0.5, 0.6) is 5.75 Å². The third-order valence-electron chi connectivity index (χ3n) is 5.30. The molecule has 16 heteroatoms. The number of carbonyl (C=O) groups is 3. The van der Waals surface area contributed by atoms with E-state index in [0.29, 0.717) is 27.0 Å². The van der Waals surface area contributed by atoms with E-state index in [1.54, 1.807) is 18.2 Å². The summed E-state index contributed by atoms with van der Waals surface area (Å²) in [6.07, 6.45) is 3.12. The molecule has 0 bridgehead atoms. The minimum absolute atomic E-state index is 0.0715. The number of nitrogens with one attached hydrogen (secondary N) is 4. The molecule has 0 unspecified atom stereocenters. The van der Waals surface area contributed by atoms with Gasteiger partial charge in [-0.2, -0.15) is 0 Å². The quantitative estimate of drug-likeness (QED) is 0.262. The number of nitrogens with zero attached hydrogens (tertiary/aromatic N) is 3. The fraction of sp³-hybridized carbons (Fsp3) is 0.304. The zero-order chi connectivity index (χ0) is 28.2. The van der Waals surface area contributed by atoms with Crippen LogP contribution in [-0.2, 0) is 14.3 Å². The van der Waals surface area contributed by atoms with Crippen LogP contribution in [-0.4, -0.2) is 82.5 Å². The van der Waals surface area contributed by atoms with Gasteiger partial charge in [0.1, 0.15) is 16.6 Å². The number of amides is 3. The number of rotatable bonds is 11. The van der Waals surface area contributed by atoms with Crippen molar-refractivity contribution in [3.05, 3.63) is 36.2 Å². The molecule has 0 spiro atoms. The Bertz CT molecular complexity index is 1390. The van der Waals surface area contributed by atoms with Gasteiger partial charge in [-0.1, -0.05) is 22.6 Å². The van der Waals surface area contributed by atoms with Crippen LogP contribution in [0, 0.1) is 5.92 Å². The van der Waals surface area contributed by atoms with Crippen molar-refractivity contribution in [2.75, 3.05) is 36.8 Å². The molecule has 39 heavy (non-hydrogen) atoms. The second-order valence-corrected chi connectivity index (χ2v) is 9.70. The highest BCUT2D eigenvalue weighted by Crippen LogP contribution is 2.41. The van der Waals surface area contributed by atoms with Crippen molar-refractivity contribution < 1.29 is 23.9 Å². The molecule has 1 aliphatic carbocycles. The molecule has 1 saturated carbocycles. The SMILES string of the molecule is [B]C([B])([B])NC(=O)c1nnc(NC(=O)C2CC2)cc1Nc1cccc(-c2ncc(NC(=O)COC)s2)c1OC. The third kappa shape index (κ3) is 7.36. The van der Waals surface area contributed by atoms with Gasteiger partial charge in [-0.25, -0.2) is 4.98 Å². The topological polar surface area (TPSA) is 156 Å². The van der Waals surface area contributed by atoms with Crippen LogP contribution in [0.2, 0.25) is 0 Å². The predicted octanol–water partition coefficient (Wildman–Crippen LogP) is 1.13. The summed E-state index contributed by atoms with van der Waals surface area (Å²) < 4.78 is 10.5. The maximum Gasteiger partial charge on any atom is 0.272 e. The molecule has 0 saturated heterocycles. The van der Waals surface area contributed by atoms with Crippen LogP contribution in [0.25, 0.3) is 10.6 Å². The number of ether oxygens (including phenoxy) is 2. The highest BCUT2D eigenvalue weighted by atomic mass is 32.1. The van der Waals surface area contributed by atoms with E-state index in [-0.39, 0.29) is 41.5 Å². The summed E-state index contributed by atoms with van der Waals surface area (Å²) in [5, 5.41) is 17.7. The van der Waals surface area contributed by atoms with Crippen molar-refractivity contribution in [2.24, 2.45) is 5.92 Å². The molecule has 1 fully saturated rings. The zero-order valence-electron chi connectivity index (χ0n) is 21.1. The largest absolute Gasteiger partial charge is 0.494 e. The number of hydrogen-bond donors (Lipinski definition) is 4. The van der Waals surface area contributed by atoms with Crippen LogP contribution in [0.3, 0.4) is 0 Å². The highest BCUT2D eigenvalue weighted by Gasteiger charge is 2.30. The molecule has 0 atom stereocenters. The van der Waals surface area contributed by atoms with E-state index in [9.17, 15) is 14.4 Å². The maximum atomic E-state index is 12.8. The molecule has 3 amide bonds. The van der Waals surface area contributed by atoms with E-state index in [4.69, 9.17) is 33.0 Å². The number of hydrogen-bond acceptors (Lipinski definition) is 10. The molecule has 194 valence electrons. The Morgan fingerprint density at radius 2 is 1.87 bits per heavy atom. The second kappa shape index (κ2) is 11.9. The normalized spacial score (nSPS) is 12.9. The predicted molar refractivity (Wildman–Crippen MR) is 149 cm³/mol. The lowest BCUT2D eigenvalue weighted by atomic mass is 9.49. The number of anilines is 4. The monoisotopic (exact) mass is 541 g/mol. The first-order valence-corrected chi connectivity index (χ1v) is 12.5. The van der Waals surface area contributed by atoms with Gasteiger partial charge in [0.05, 0.1) is 53.8 Å². The van der Waals surface area contributed by atoms with Gasteiger partial charge >= 0.3 is 0 Å². The fourth-order valence-electron chi connectivity index (χ4n) is 3.48. The van der Waals surface area contributed by atoms with Crippen LogP contribution in [0.1, 0.15) is 23.3 Å². The lowest BCUT2D eigenvalue weighted by Crippen LogP contribution is -2.50. The smallest absolute Gasteiger partial charge is 0.272 e. The summed E-state index contributed by atoms with van der Waals surface area (Å²) >= 11 is 1.23. The van der Waals surface area contributed by atoms with Crippen LogP contribution < -0.4 is 26.0 Å². The van der Waals surface area contributed by atoms with E-state index in [1.807, 2.05) is 0 Å². The van der Waals surface area contributed by atoms with E-state index < -0.39 is 11.1 Å². The van der Waals surface area contributed by atoms with Crippen LogP contribution >= 0.6 is 11.3 Å². The molecular weight excluding hydrogens is 519 g/mol. The Kier molecular flexibility index (Phi) is 8.55. The number of methoxy groups -OCH3 is 2. The number of benzene rings is 1. The molecule has 3 aromatic rings. The highest BCUT2D eigenvalue weighted by molar-refractivity contribution is 7.19. The second-order valence-electron chi connectivity index (χ2n) is 8.66. The van der Waals surface area contributed by atoms with E-state index in [0.717, 1.165) is 12.8 Å². The third-order valence-corrected chi connectivity index (χ3v) is 6.25. The lowest BCUT2D eigenvalue weighted by molar-refractivity contribution is -0.119. The van der Waals surface area contributed by atoms with Gasteiger partial charge in [-0.3, -0.25) is 14.4 Å². The minimum atomic E-state index is -2.01. The average Bonchev–Trinajstić information content (AvgIpc) is 3.62. The Hall–Kier alpha value is -3.91. The van der Waals surface area contributed by atoms with E-state index in [2.05, 4.69) is 36.4 Å². The molecule has 2 heterocycles. The Balaban J connectivity index is 1.67. The summed E-state index contributed by atoms with van der Waals surface area (Å²) in [4.78, 5) is 41.4. The first-order valence-electron chi connectivity index (χ1n) is 11.6. The molecule has 0 aliphatic heterocycles. The maximum absolute atomic E-state index is 12.8. The molecule has 1 aliphatic rings. The molecule has 6 radical (unpaired) electrons. The first kappa shape index (κ1) is 28.1. The summed E-state index contributed by atoms with van der Waals surface area (Å²) in [5.41, 5.74) is 1.03. The first-order chi connectivity index (χ1) is 18.6. The molecule has 2 aromatic heterocycles. The molecule has 12 nitrogen and oxygen atoms in total. The van der Waals surface area contributed by atoms with Crippen molar-refractivity contribution in [2.45, 2.75) is 18.1 Å². The van der Waals surface area contributed by atoms with Gasteiger partial charge in [-0.15, -0.1) is 10.2 Å². The number of thiazole rings is 1. The van der Waals surface area contributed by atoms with Crippen LogP contribution in [0.15, 0.2) is 30.5 Å². The van der Waals surface area contributed by atoms with Gasteiger partial charge in [0.15, 0.2) is 17.3 Å². The van der Waals surface area contributed by atoms with E-state index in [1.165, 1.54) is 37.8 Å². The van der Waals surface area contributed by atoms with Gasteiger partial charge in [0.25, 0.3) is 11.8 Å². The minimum Gasteiger partial charge on any atom is -0.494 e. The summed E-state index contributed by atoms with van der Waals surface area (Å²) in [6.45, 7) is -0.0888. The van der Waals surface area contributed by atoms with Crippen molar-refractivity contribution in [1.29, 1.82) is 0 Å². The zero-order valence-corrected chi connectivity index (χ0v) is 21.9. The van der Waals surface area contributed by atoms with Gasteiger partial charge in [0.2, 0.25) is 5.91 Å². The van der Waals surface area contributed by atoms with E-state index >= 15 is 0 Å². The van der Waals surface area contributed by atoms with Crippen molar-refractivity contribution in [3.63, 3.8) is 0 Å². The molecule has 4 rings (SSSR count). The Labute approximate surface area is 232 Å². The summed E-state index contributed by atoms with van der Waals surface area (Å²) in [5.74, 6) is -0.848. The fourth-order valence-corrected chi connectivity index (χ4v) is 4.33. The summed E-state index contributed by atoms with van der Waals surface area (Å²) in [7, 11) is 19.5. The molecule has 1 aromatic carbocycles. The standard InChI is InChI=1S/C23H22B3N7O5S/c1-37-10-16(34)30-17-9-27-22(39-17)12-4-3-5-13(19(12)38-2)28-14-8-15(29-20(35)11-6-7-11)32-33-18(14)21(36)31-23(24,25)26/h3-5,8-9,11H,6-7,10H2,1-2H3,(H,30,34)(H,31,36)(H2,28,29,32,35). The van der Waals surface area contributed by atoms with Crippen LogP contribution in [0.4, 0.5) is 22.2 Å². The summed E-state index contributed by atoms with van der Waals surface area (Å²) in [6, 6.07) is 6.70. The van der Waals surface area contributed by atoms with Crippen molar-refractivity contribution in [3.8, 4) is 16.3 Å². The number of para-hydroxylation sites is 1. The van der Waals surface area contributed by atoms with Crippen molar-refractivity contribution >= 4 is 74.8 Å². The number of carbonyl (C=O) groups excluding carboxylic acids is 3. The van der Waals surface area contributed by atoms with Crippen molar-refractivity contribution in [1.82, 2.24) is 20.5 Å². The van der Waals surface area contributed by atoms with Gasteiger partial charge in [0, 0.05) is 19.1 Å². The Morgan fingerprint density at radius 1 is 1.10 bits per heavy atom. The molecular formula is C23H22B3N7O5S.